The number of carbonyl (C=O) groups is 1. The summed E-state index contributed by atoms with van der Waals surface area (Å²) >= 11 is 0. The normalized spacial score (nSPS) is 23.3. The predicted octanol–water partition coefficient (Wildman–Crippen LogP) is 3.30. The number of amides is 1. The number of fused-ring (bicyclic) bond motifs is 2. The summed E-state index contributed by atoms with van der Waals surface area (Å²) in [6.45, 7) is 5.64. The molecule has 1 amide bonds. The van der Waals surface area contributed by atoms with Crippen LogP contribution in [0.25, 0.3) is 10.9 Å². The Balaban J connectivity index is 1.46. The molecular weight excluding hydrogens is 362 g/mol. The number of rotatable bonds is 2. The first kappa shape index (κ1) is 18.2. The van der Waals surface area contributed by atoms with Gasteiger partial charge in [0, 0.05) is 45.0 Å². The van der Waals surface area contributed by atoms with E-state index in [4.69, 9.17) is 0 Å². The van der Waals surface area contributed by atoms with Crippen LogP contribution in [0.4, 0.5) is 0 Å². The van der Waals surface area contributed by atoms with Crippen LogP contribution in [0.5, 0.6) is 0 Å². The molecule has 5 rings (SSSR count). The summed E-state index contributed by atoms with van der Waals surface area (Å²) in [5, 5.41) is 0.548. The fourth-order valence-electron chi connectivity index (χ4n) is 5.49. The topological polar surface area (TPSA) is 47.2 Å². The number of benzene rings is 1. The number of carbonyl (C=O) groups excluding carboxylic acids is 1. The van der Waals surface area contributed by atoms with Crippen LogP contribution < -0.4 is 5.56 Å². The highest BCUT2D eigenvalue weighted by molar-refractivity contribution is 6.07. The van der Waals surface area contributed by atoms with E-state index in [2.05, 4.69) is 31.2 Å². The van der Waals surface area contributed by atoms with Crippen LogP contribution in [0.15, 0.2) is 41.5 Å². The monoisotopic (exact) mass is 389 g/mol. The SMILES string of the molecule is Cc1cccc(C23CCN(C(=O)c4cn(C)c5c(C)cn(C)c(=O)c45)CC2C3)c1. The molecule has 1 aliphatic heterocycles. The van der Waals surface area contributed by atoms with E-state index in [1.165, 1.54) is 11.1 Å². The van der Waals surface area contributed by atoms with Crippen LogP contribution >= 0.6 is 0 Å². The number of nitrogens with zero attached hydrogens (tertiary/aromatic N) is 3. The van der Waals surface area contributed by atoms with Crippen LogP contribution in [0.3, 0.4) is 0 Å². The molecule has 5 nitrogen and oxygen atoms in total. The number of aryl methyl sites for hydroxylation is 4. The standard InChI is InChI=1S/C24H27N3O2/c1-15-6-5-7-17(10-15)24-8-9-27(13-18(24)11-24)22(28)19-14-25(3)21-16(2)12-26(4)23(29)20(19)21/h5-7,10,12,14,18H,8-9,11,13H2,1-4H3. The van der Waals surface area contributed by atoms with Gasteiger partial charge in [-0.1, -0.05) is 29.8 Å². The molecule has 0 radical (unpaired) electrons. The average molecular weight is 389 g/mol. The molecule has 1 aromatic carbocycles. The maximum atomic E-state index is 13.4. The Bertz CT molecular complexity index is 1220. The molecule has 2 atom stereocenters. The van der Waals surface area contributed by atoms with E-state index < -0.39 is 0 Å². The molecule has 1 saturated heterocycles. The maximum Gasteiger partial charge on any atom is 0.260 e. The molecule has 1 aliphatic carbocycles. The van der Waals surface area contributed by atoms with Crippen LogP contribution in [-0.2, 0) is 19.5 Å². The predicted molar refractivity (Wildman–Crippen MR) is 114 cm³/mol. The fourth-order valence-corrected chi connectivity index (χ4v) is 5.49. The summed E-state index contributed by atoms with van der Waals surface area (Å²) in [5.74, 6) is 0.504. The first-order valence-corrected chi connectivity index (χ1v) is 10.3. The van der Waals surface area contributed by atoms with Gasteiger partial charge < -0.3 is 14.0 Å². The average Bonchev–Trinajstić information content (AvgIpc) is 3.33. The number of pyridine rings is 1. The van der Waals surface area contributed by atoms with Crippen molar-refractivity contribution in [1.29, 1.82) is 0 Å². The smallest absolute Gasteiger partial charge is 0.260 e. The Kier molecular flexibility index (Phi) is 3.83. The van der Waals surface area contributed by atoms with Crippen LogP contribution in [0.1, 0.15) is 39.9 Å². The third-order valence-corrected chi connectivity index (χ3v) is 7.09. The van der Waals surface area contributed by atoms with Crippen LogP contribution in [0.2, 0.25) is 0 Å². The minimum atomic E-state index is -0.105. The Morgan fingerprint density at radius 2 is 1.93 bits per heavy atom. The molecule has 29 heavy (non-hydrogen) atoms. The molecule has 3 aromatic rings. The van der Waals surface area contributed by atoms with Gasteiger partial charge in [-0.15, -0.1) is 0 Å². The lowest BCUT2D eigenvalue weighted by Gasteiger charge is -2.32. The van der Waals surface area contributed by atoms with Gasteiger partial charge in [0.25, 0.3) is 11.5 Å². The van der Waals surface area contributed by atoms with E-state index in [0.29, 0.717) is 16.9 Å². The lowest BCUT2D eigenvalue weighted by Crippen LogP contribution is -2.40. The Labute approximate surface area is 170 Å². The van der Waals surface area contributed by atoms with Gasteiger partial charge in [-0.3, -0.25) is 9.59 Å². The minimum absolute atomic E-state index is 0.0111. The molecule has 0 spiro atoms. The van der Waals surface area contributed by atoms with Gasteiger partial charge in [0.2, 0.25) is 0 Å². The number of likely N-dealkylation sites (tertiary alicyclic amines) is 1. The number of hydrogen-bond donors (Lipinski definition) is 0. The van der Waals surface area contributed by atoms with Crippen LogP contribution in [-0.4, -0.2) is 33.0 Å². The molecular formula is C24H27N3O2. The molecule has 2 fully saturated rings. The van der Waals surface area contributed by atoms with Crippen molar-refractivity contribution in [3.05, 3.63) is 69.3 Å². The Morgan fingerprint density at radius 3 is 2.66 bits per heavy atom. The van der Waals surface area contributed by atoms with Crippen molar-refractivity contribution in [1.82, 2.24) is 14.0 Å². The number of piperidine rings is 1. The Hall–Kier alpha value is -2.82. The van der Waals surface area contributed by atoms with Crippen molar-refractivity contribution in [3.63, 3.8) is 0 Å². The van der Waals surface area contributed by atoms with Gasteiger partial charge >= 0.3 is 0 Å². The van der Waals surface area contributed by atoms with E-state index in [-0.39, 0.29) is 16.9 Å². The van der Waals surface area contributed by atoms with Gasteiger partial charge in [-0.25, -0.2) is 0 Å². The molecule has 2 unspecified atom stereocenters. The van der Waals surface area contributed by atoms with Crippen molar-refractivity contribution >= 4 is 16.8 Å². The second-order valence-corrected chi connectivity index (χ2v) is 9.03. The van der Waals surface area contributed by atoms with Crippen molar-refractivity contribution in [2.45, 2.75) is 32.1 Å². The second kappa shape index (κ2) is 6.09. The highest BCUT2D eigenvalue weighted by Gasteiger charge is 2.58. The molecule has 0 N–H and O–H groups in total. The lowest BCUT2D eigenvalue weighted by molar-refractivity contribution is 0.0709. The van der Waals surface area contributed by atoms with Crippen molar-refractivity contribution in [3.8, 4) is 0 Å². The number of aromatic nitrogens is 2. The Morgan fingerprint density at radius 1 is 1.14 bits per heavy atom. The van der Waals surface area contributed by atoms with Gasteiger partial charge in [-0.2, -0.15) is 0 Å². The van der Waals surface area contributed by atoms with Gasteiger partial charge in [0.1, 0.15) is 0 Å². The molecule has 2 aliphatic rings. The molecule has 3 heterocycles. The molecule has 2 aromatic heterocycles. The van der Waals surface area contributed by atoms with Crippen molar-refractivity contribution in [2.75, 3.05) is 13.1 Å². The summed E-state index contributed by atoms with van der Waals surface area (Å²) in [6.07, 6.45) is 5.81. The van der Waals surface area contributed by atoms with Crippen molar-refractivity contribution < 1.29 is 4.79 Å². The zero-order valence-corrected chi connectivity index (χ0v) is 17.5. The summed E-state index contributed by atoms with van der Waals surface area (Å²) < 4.78 is 3.49. The van der Waals surface area contributed by atoms with E-state index in [1.54, 1.807) is 11.6 Å². The zero-order chi connectivity index (χ0) is 20.5. The largest absolute Gasteiger partial charge is 0.349 e. The lowest BCUT2D eigenvalue weighted by atomic mass is 9.86. The van der Waals surface area contributed by atoms with Crippen molar-refractivity contribution in [2.24, 2.45) is 20.0 Å². The zero-order valence-electron chi connectivity index (χ0n) is 17.5. The molecule has 1 saturated carbocycles. The van der Waals surface area contributed by atoms with Gasteiger partial charge in [0.05, 0.1) is 16.5 Å². The van der Waals surface area contributed by atoms with Gasteiger partial charge in [-0.05, 0) is 43.7 Å². The van der Waals surface area contributed by atoms with Gasteiger partial charge in [0.15, 0.2) is 0 Å². The maximum absolute atomic E-state index is 13.4. The van der Waals surface area contributed by atoms with E-state index in [1.807, 2.05) is 35.8 Å². The van der Waals surface area contributed by atoms with E-state index in [0.717, 1.165) is 37.0 Å². The highest BCUT2D eigenvalue weighted by Crippen LogP contribution is 2.59. The van der Waals surface area contributed by atoms with Crippen LogP contribution in [0, 0.1) is 19.8 Å². The first-order chi connectivity index (χ1) is 13.8. The summed E-state index contributed by atoms with van der Waals surface area (Å²) in [6, 6.07) is 8.82. The summed E-state index contributed by atoms with van der Waals surface area (Å²) in [7, 11) is 3.66. The quantitative estimate of drug-likeness (QED) is 0.675. The molecule has 150 valence electrons. The number of hydrogen-bond acceptors (Lipinski definition) is 2. The fraction of sp³-hybridized carbons (Fsp3) is 0.417. The third-order valence-electron chi connectivity index (χ3n) is 7.09. The summed E-state index contributed by atoms with van der Waals surface area (Å²) in [5.41, 5.74) is 5.25. The second-order valence-electron chi connectivity index (χ2n) is 9.03. The summed E-state index contributed by atoms with van der Waals surface area (Å²) in [4.78, 5) is 28.2. The van der Waals surface area contributed by atoms with E-state index >= 15 is 0 Å². The third kappa shape index (κ3) is 2.60. The molecule has 0 bridgehead atoms. The molecule has 5 heteroatoms. The first-order valence-electron chi connectivity index (χ1n) is 10.3. The minimum Gasteiger partial charge on any atom is -0.349 e. The highest BCUT2D eigenvalue weighted by atomic mass is 16.2. The van der Waals surface area contributed by atoms with E-state index in [9.17, 15) is 9.59 Å².